The van der Waals surface area contributed by atoms with E-state index >= 15 is 0 Å². The number of likely N-dealkylation sites (tertiary alicyclic amines) is 1. The molecule has 1 unspecified atom stereocenters. The SMILES string of the molecule is COCCN(C=O)c1cccc(CN2CCC3(CCN(c4ncncc4Oc4ccc(F)cc4C(=O)N(C)C(C)C)C3)C2)c1. The van der Waals surface area contributed by atoms with Gasteiger partial charge in [-0.25, -0.2) is 14.4 Å². The van der Waals surface area contributed by atoms with Crippen LogP contribution in [0.3, 0.4) is 0 Å². The number of carbonyl (C=O) groups is 2. The molecule has 10 nitrogen and oxygen atoms in total. The molecule has 2 aromatic carbocycles. The van der Waals surface area contributed by atoms with Crippen molar-refractivity contribution < 1.29 is 23.5 Å². The van der Waals surface area contributed by atoms with Gasteiger partial charge in [0.1, 0.15) is 17.9 Å². The van der Waals surface area contributed by atoms with Crippen LogP contribution in [0.15, 0.2) is 55.0 Å². The van der Waals surface area contributed by atoms with Gasteiger partial charge in [-0.3, -0.25) is 14.5 Å². The molecule has 0 radical (unpaired) electrons. The maximum absolute atomic E-state index is 14.2. The van der Waals surface area contributed by atoms with Crippen LogP contribution < -0.4 is 14.5 Å². The van der Waals surface area contributed by atoms with Crippen LogP contribution in [0.1, 0.15) is 42.6 Å². The summed E-state index contributed by atoms with van der Waals surface area (Å²) < 4.78 is 25.6. The topological polar surface area (TPSA) is 91.3 Å². The summed E-state index contributed by atoms with van der Waals surface area (Å²) in [6, 6.07) is 12.0. The van der Waals surface area contributed by atoms with Crippen molar-refractivity contribution in [1.29, 1.82) is 0 Å². The lowest BCUT2D eigenvalue weighted by Crippen LogP contribution is -2.33. The summed E-state index contributed by atoms with van der Waals surface area (Å²) in [5.74, 6) is 0.524. The fourth-order valence-corrected chi connectivity index (χ4v) is 6.06. The Morgan fingerprint density at radius 1 is 1.14 bits per heavy atom. The third-order valence-corrected chi connectivity index (χ3v) is 8.71. The lowest BCUT2D eigenvalue weighted by Gasteiger charge is -2.26. The van der Waals surface area contributed by atoms with Crippen molar-refractivity contribution in [1.82, 2.24) is 19.8 Å². The Morgan fingerprint density at radius 2 is 1.95 bits per heavy atom. The summed E-state index contributed by atoms with van der Waals surface area (Å²) in [6.07, 6.45) is 6.03. The minimum absolute atomic E-state index is 0.0584. The van der Waals surface area contributed by atoms with Crippen LogP contribution in [0.4, 0.5) is 15.9 Å². The van der Waals surface area contributed by atoms with E-state index < -0.39 is 5.82 Å². The minimum Gasteiger partial charge on any atom is -0.451 e. The molecule has 234 valence electrons. The predicted octanol–water partition coefficient (Wildman–Crippen LogP) is 4.60. The van der Waals surface area contributed by atoms with E-state index in [9.17, 15) is 14.0 Å². The number of aromatic nitrogens is 2. The molecule has 2 aliphatic rings. The highest BCUT2D eigenvalue weighted by molar-refractivity contribution is 5.97. The number of methoxy groups -OCH3 is 1. The molecule has 3 heterocycles. The fourth-order valence-electron chi connectivity index (χ4n) is 6.06. The van der Waals surface area contributed by atoms with Crippen LogP contribution in [0.25, 0.3) is 0 Å². The molecule has 0 aliphatic carbocycles. The zero-order valence-electron chi connectivity index (χ0n) is 25.9. The quantitative estimate of drug-likeness (QED) is 0.277. The second-order valence-electron chi connectivity index (χ2n) is 12.1. The van der Waals surface area contributed by atoms with E-state index in [2.05, 4.69) is 31.9 Å². The van der Waals surface area contributed by atoms with Crippen molar-refractivity contribution in [2.45, 2.75) is 39.3 Å². The maximum atomic E-state index is 14.2. The molecule has 0 saturated carbocycles. The molecule has 3 aromatic rings. The molecular weight excluding hydrogens is 563 g/mol. The van der Waals surface area contributed by atoms with Gasteiger partial charge < -0.3 is 24.2 Å². The second kappa shape index (κ2) is 13.7. The molecule has 44 heavy (non-hydrogen) atoms. The highest BCUT2D eigenvalue weighted by Gasteiger charge is 2.44. The van der Waals surface area contributed by atoms with Gasteiger partial charge in [0, 0.05) is 64.0 Å². The summed E-state index contributed by atoms with van der Waals surface area (Å²) in [6.45, 7) is 9.16. The molecule has 2 fully saturated rings. The average Bonchev–Trinajstić information content (AvgIpc) is 3.63. The number of hydrogen-bond donors (Lipinski definition) is 0. The van der Waals surface area contributed by atoms with Crippen LogP contribution in [-0.4, -0.2) is 91.6 Å². The zero-order chi connectivity index (χ0) is 31.3. The van der Waals surface area contributed by atoms with E-state index in [1.807, 2.05) is 26.0 Å². The molecule has 1 atom stereocenters. The predicted molar refractivity (Wildman–Crippen MR) is 167 cm³/mol. The smallest absolute Gasteiger partial charge is 0.257 e. The number of rotatable bonds is 12. The molecule has 1 aromatic heterocycles. The molecule has 2 amide bonds. The van der Waals surface area contributed by atoms with Crippen LogP contribution in [-0.2, 0) is 16.1 Å². The minimum atomic E-state index is -0.506. The van der Waals surface area contributed by atoms with Gasteiger partial charge in [0.2, 0.25) is 6.41 Å². The summed E-state index contributed by atoms with van der Waals surface area (Å²) in [5.41, 5.74) is 2.30. The molecule has 5 rings (SSSR count). The number of hydrogen-bond acceptors (Lipinski definition) is 8. The van der Waals surface area contributed by atoms with E-state index in [1.54, 1.807) is 30.2 Å². The third-order valence-electron chi connectivity index (χ3n) is 8.71. The van der Waals surface area contributed by atoms with Gasteiger partial charge in [0.25, 0.3) is 5.91 Å². The van der Waals surface area contributed by atoms with Crippen LogP contribution >= 0.6 is 0 Å². The Bertz CT molecular complexity index is 1470. The Kier molecular flexibility index (Phi) is 9.75. The first-order valence-electron chi connectivity index (χ1n) is 15.0. The van der Waals surface area contributed by atoms with Crippen LogP contribution in [0.5, 0.6) is 11.5 Å². The van der Waals surface area contributed by atoms with E-state index in [-0.39, 0.29) is 28.7 Å². The Morgan fingerprint density at radius 3 is 2.73 bits per heavy atom. The normalized spacial score (nSPS) is 18.3. The number of carbonyl (C=O) groups excluding carboxylic acids is 2. The van der Waals surface area contributed by atoms with Crippen molar-refractivity contribution in [2.75, 3.05) is 63.3 Å². The maximum Gasteiger partial charge on any atom is 0.257 e. The zero-order valence-corrected chi connectivity index (χ0v) is 25.9. The lowest BCUT2D eigenvalue weighted by molar-refractivity contribution is -0.107. The van der Waals surface area contributed by atoms with Crippen LogP contribution in [0, 0.1) is 11.2 Å². The van der Waals surface area contributed by atoms with Gasteiger partial charge in [0.05, 0.1) is 18.4 Å². The second-order valence-corrected chi connectivity index (χ2v) is 12.1. The molecule has 11 heteroatoms. The van der Waals surface area contributed by atoms with Gasteiger partial charge in [-0.15, -0.1) is 0 Å². The van der Waals surface area contributed by atoms with Gasteiger partial charge in [-0.05, 0) is 69.1 Å². The molecule has 0 bridgehead atoms. The number of ether oxygens (including phenoxy) is 2. The summed E-state index contributed by atoms with van der Waals surface area (Å²) in [5, 5.41) is 0. The Hall–Kier alpha value is -4.09. The van der Waals surface area contributed by atoms with E-state index in [1.165, 1.54) is 24.5 Å². The number of anilines is 2. The summed E-state index contributed by atoms with van der Waals surface area (Å²) in [4.78, 5) is 41.4. The fraction of sp³-hybridized carbons (Fsp3) is 0.455. The van der Waals surface area contributed by atoms with E-state index in [0.717, 1.165) is 63.2 Å². The highest BCUT2D eigenvalue weighted by atomic mass is 19.1. The molecular formula is C33H41FN6O4. The lowest BCUT2D eigenvalue weighted by atomic mass is 9.86. The number of amides is 2. The van der Waals surface area contributed by atoms with Gasteiger partial charge in [-0.1, -0.05) is 12.1 Å². The Balaban J connectivity index is 1.27. The molecule has 2 saturated heterocycles. The number of nitrogens with zero attached hydrogens (tertiary/aromatic N) is 6. The first-order valence-corrected chi connectivity index (χ1v) is 15.0. The summed E-state index contributed by atoms with van der Waals surface area (Å²) in [7, 11) is 3.31. The van der Waals surface area contributed by atoms with Crippen molar-refractivity contribution >= 4 is 23.8 Å². The molecule has 2 aliphatic heterocycles. The highest BCUT2D eigenvalue weighted by Crippen LogP contribution is 2.43. The van der Waals surface area contributed by atoms with Crippen molar-refractivity contribution in [3.05, 3.63) is 71.9 Å². The van der Waals surface area contributed by atoms with Gasteiger partial charge >= 0.3 is 0 Å². The average molecular weight is 605 g/mol. The van der Waals surface area contributed by atoms with Crippen LogP contribution in [0.2, 0.25) is 0 Å². The first-order chi connectivity index (χ1) is 21.2. The number of halogens is 1. The van der Waals surface area contributed by atoms with E-state index in [0.29, 0.717) is 24.7 Å². The van der Waals surface area contributed by atoms with Crippen molar-refractivity contribution in [2.24, 2.45) is 5.41 Å². The van der Waals surface area contributed by atoms with E-state index in [4.69, 9.17) is 9.47 Å². The standard InChI is InChI=1S/C33H41FN6O4/c1-24(2)37(3)32(42)28-17-26(34)8-9-29(28)44-30-18-35-22-36-31(30)39-13-11-33(21-39)10-12-38(20-33)19-25-6-5-7-27(16-25)40(23-41)14-15-43-4/h5-9,16-18,22-24H,10-15,19-21H2,1-4H3. The van der Waals surface area contributed by atoms with Gasteiger partial charge in [0.15, 0.2) is 11.6 Å². The summed E-state index contributed by atoms with van der Waals surface area (Å²) >= 11 is 0. The van der Waals surface area contributed by atoms with Crippen molar-refractivity contribution in [3.63, 3.8) is 0 Å². The van der Waals surface area contributed by atoms with Crippen molar-refractivity contribution in [3.8, 4) is 11.5 Å². The molecule has 0 N–H and O–H groups in total. The Labute approximate surface area is 258 Å². The largest absolute Gasteiger partial charge is 0.451 e. The molecule has 1 spiro atoms. The number of benzene rings is 2. The third kappa shape index (κ3) is 7.00. The monoisotopic (exact) mass is 604 g/mol. The van der Waals surface area contributed by atoms with Gasteiger partial charge in [-0.2, -0.15) is 0 Å². The first kappa shape index (κ1) is 31.3.